The molecule has 3 aromatic rings. The van der Waals surface area contributed by atoms with Crippen LogP contribution < -0.4 is 9.62 Å². The van der Waals surface area contributed by atoms with E-state index in [1.807, 2.05) is 24.4 Å². The number of anilines is 1. The molecule has 1 aliphatic heterocycles. The fraction of sp³-hybridized carbons (Fsp3) is 0.304. The molecule has 2 heterocycles. The smallest absolute Gasteiger partial charge is 0.240 e. The highest BCUT2D eigenvalue weighted by molar-refractivity contribution is 7.89. The van der Waals surface area contributed by atoms with Crippen molar-refractivity contribution in [3.8, 4) is 0 Å². The molecule has 0 bridgehead atoms. The molecule has 9 heteroatoms. The van der Waals surface area contributed by atoms with Gasteiger partial charge in [0.1, 0.15) is 11.6 Å². The first-order valence-corrected chi connectivity index (χ1v) is 12.8. The van der Waals surface area contributed by atoms with Crippen LogP contribution in [0, 0.1) is 11.6 Å². The van der Waals surface area contributed by atoms with E-state index in [4.69, 9.17) is 0 Å². The van der Waals surface area contributed by atoms with Crippen molar-refractivity contribution < 1.29 is 17.2 Å². The summed E-state index contributed by atoms with van der Waals surface area (Å²) in [5.74, 6) is -0.736. The average molecular weight is 478 g/mol. The summed E-state index contributed by atoms with van der Waals surface area (Å²) < 4.78 is 55.0. The van der Waals surface area contributed by atoms with Gasteiger partial charge in [0.15, 0.2) is 0 Å². The van der Waals surface area contributed by atoms with Gasteiger partial charge in [0, 0.05) is 42.8 Å². The van der Waals surface area contributed by atoms with Crippen LogP contribution in [0.15, 0.2) is 70.9 Å². The summed E-state index contributed by atoms with van der Waals surface area (Å²) in [6.07, 6.45) is 0. The zero-order chi connectivity index (χ0) is 22.7. The molecule has 2 atom stereocenters. The summed E-state index contributed by atoms with van der Waals surface area (Å²) in [6.45, 7) is 4.85. The quantitative estimate of drug-likeness (QED) is 0.553. The fourth-order valence-corrected chi connectivity index (χ4v) is 6.32. The molecular weight excluding hydrogens is 452 g/mol. The van der Waals surface area contributed by atoms with E-state index in [1.165, 1.54) is 24.3 Å². The third-order valence-corrected chi connectivity index (χ3v) is 8.19. The summed E-state index contributed by atoms with van der Waals surface area (Å²) in [4.78, 5) is 5.60. The van der Waals surface area contributed by atoms with Crippen molar-refractivity contribution in [2.75, 3.05) is 31.1 Å². The Morgan fingerprint density at radius 3 is 2.06 bits per heavy atom. The van der Waals surface area contributed by atoms with Gasteiger partial charge in [0.05, 0.1) is 10.9 Å². The Kier molecular flexibility index (Phi) is 6.90. The van der Waals surface area contributed by atoms with E-state index in [2.05, 4.69) is 14.5 Å². The number of piperazine rings is 1. The predicted octanol–water partition coefficient (Wildman–Crippen LogP) is 4.26. The van der Waals surface area contributed by atoms with Crippen molar-refractivity contribution in [1.29, 1.82) is 0 Å². The molecule has 5 nitrogen and oxygen atoms in total. The second kappa shape index (κ2) is 9.66. The minimum absolute atomic E-state index is 0.0387. The number of nitrogens with one attached hydrogen (secondary N) is 1. The van der Waals surface area contributed by atoms with E-state index in [0.29, 0.717) is 0 Å². The molecule has 1 saturated heterocycles. The summed E-state index contributed by atoms with van der Waals surface area (Å²) in [5, 5.41) is 1.98. The Balaban J connectivity index is 1.49. The number of rotatable bonds is 7. The Bertz CT molecular complexity index is 1110. The molecule has 1 fully saturated rings. The van der Waals surface area contributed by atoms with Gasteiger partial charge in [-0.2, -0.15) is 0 Å². The number of halogens is 2. The fourth-order valence-electron chi connectivity index (χ4n) is 4.10. The number of hydrogen-bond donors (Lipinski definition) is 1. The molecule has 2 unspecified atom stereocenters. The molecule has 0 spiro atoms. The first-order chi connectivity index (χ1) is 15.3. The lowest BCUT2D eigenvalue weighted by Gasteiger charge is -2.42. The molecule has 32 heavy (non-hydrogen) atoms. The minimum atomic E-state index is -3.79. The van der Waals surface area contributed by atoms with E-state index in [0.717, 1.165) is 48.9 Å². The maximum atomic E-state index is 13.2. The van der Waals surface area contributed by atoms with Gasteiger partial charge >= 0.3 is 0 Å². The van der Waals surface area contributed by atoms with Crippen LogP contribution >= 0.6 is 11.3 Å². The lowest BCUT2D eigenvalue weighted by Crippen LogP contribution is -2.52. The Morgan fingerprint density at radius 1 is 0.906 bits per heavy atom. The third kappa shape index (κ3) is 5.17. The zero-order valence-corrected chi connectivity index (χ0v) is 19.3. The summed E-state index contributed by atoms with van der Waals surface area (Å²) in [6, 6.07) is 14.7. The van der Waals surface area contributed by atoms with Crippen LogP contribution in [0.4, 0.5) is 14.5 Å². The molecule has 1 aliphatic rings. The van der Waals surface area contributed by atoms with Crippen molar-refractivity contribution in [3.05, 3.63) is 82.6 Å². The third-order valence-electron chi connectivity index (χ3n) is 5.67. The second-order valence-electron chi connectivity index (χ2n) is 7.82. The van der Waals surface area contributed by atoms with Crippen molar-refractivity contribution in [2.45, 2.75) is 23.9 Å². The monoisotopic (exact) mass is 477 g/mol. The van der Waals surface area contributed by atoms with E-state index < -0.39 is 21.9 Å². The lowest BCUT2D eigenvalue weighted by molar-refractivity contribution is 0.164. The Morgan fingerprint density at radius 2 is 1.50 bits per heavy atom. The molecule has 1 aromatic heterocycles. The first kappa shape index (κ1) is 22.8. The maximum absolute atomic E-state index is 13.2. The largest absolute Gasteiger partial charge is 0.369 e. The SMILES string of the molecule is CC(NS(=O)(=O)c1ccc(F)cc1)C(c1cccs1)N1CCN(c2ccc(F)cc2)CC1. The van der Waals surface area contributed by atoms with Gasteiger partial charge in [-0.15, -0.1) is 11.3 Å². The van der Waals surface area contributed by atoms with Gasteiger partial charge in [-0.3, -0.25) is 4.90 Å². The van der Waals surface area contributed by atoms with Gasteiger partial charge in [-0.25, -0.2) is 21.9 Å². The molecule has 2 aromatic carbocycles. The van der Waals surface area contributed by atoms with Crippen LogP contribution in [0.2, 0.25) is 0 Å². The van der Waals surface area contributed by atoms with E-state index in [9.17, 15) is 17.2 Å². The number of thiophene rings is 1. The number of hydrogen-bond acceptors (Lipinski definition) is 5. The highest BCUT2D eigenvalue weighted by atomic mass is 32.2. The van der Waals surface area contributed by atoms with Crippen LogP contribution in [0.25, 0.3) is 0 Å². The first-order valence-electron chi connectivity index (χ1n) is 10.4. The van der Waals surface area contributed by atoms with E-state index in [1.54, 1.807) is 23.5 Å². The van der Waals surface area contributed by atoms with Crippen molar-refractivity contribution >= 4 is 27.0 Å². The average Bonchev–Trinajstić information content (AvgIpc) is 3.29. The van der Waals surface area contributed by atoms with Crippen molar-refractivity contribution in [1.82, 2.24) is 9.62 Å². The summed E-state index contributed by atoms with van der Waals surface area (Å²) >= 11 is 1.59. The van der Waals surface area contributed by atoms with Crippen LogP contribution in [0.5, 0.6) is 0 Å². The highest BCUT2D eigenvalue weighted by Crippen LogP contribution is 2.31. The molecule has 0 radical (unpaired) electrons. The van der Waals surface area contributed by atoms with Crippen LogP contribution in [0.1, 0.15) is 17.8 Å². The topological polar surface area (TPSA) is 52.7 Å². The Labute approximate surface area is 191 Å². The summed E-state index contributed by atoms with van der Waals surface area (Å²) in [5.41, 5.74) is 0.976. The molecule has 0 aliphatic carbocycles. The van der Waals surface area contributed by atoms with Gasteiger partial charge in [0.2, 0.25) is 10.0 Å². The number of sulfonamides is 1. The lowest BCUT2D eigenvalue weighted by atomic mass is 10.1. The predicted molar refractivity (Wildman–Crippen MR) is 123 cm³/mol. The molecule has 0 amide bonds. The molecule has 0 saturated carbocycles. The standard InChI is InChI=1S/C23H25F2N3O2S2/c1-17(26-32(29,30)21-10-6-19(25)7-11-21)23(22-3-2-16-31-22)28-14-12-27(13-15-28)20-8-4-18(24)5-9-20/h2-11,16-17,23,26H,12-15H2,1H3. The van der Waals surface area contributed by atoms with Gasteiger partial charge in [0.25, 0.3) is 0 Å². The van der Waals surface area contributed by atoms with Crippen molar-refractivity contribution in [2.24, 2.45) is 0 Å². The van der Waals surface area contributed by atoms with Gasteiger partial charge < -0.3 is 4.90 Å². The molecule has 170 valence electrons. The minimum Gasteiger partial charge on any atom is -0.369 e. The molecule has 1 N–H and O–H groups in total. The second-order valence-corrected chi connectivity index (χ2v) is 10.5. The van der Waals surface area contributed by atoms with E-state index >= 15 is 0 Å². The molecule has 4 rings (SSSR count). The zero-order valence-electron chi connectivity index (χ0n) is 17.6. The van der Waals surface area contributed by atoms with Crippen LogP contribution in [0.3, 0.4) is 0 Å². The summed E-state index contributed by atoms with van der Waals surface area (Å²) in [7, 11) is -3.79. The van der Waals surface area contributed by atoms with Crippen LogP contribution in [-0.2, 0) is 10.0 Å². The van der Waals surface area contributed by atoms with Gasteiger partial charge in [-0.1, -0.05) is 6.07 Å². The Hall–Kier alpha value is -2.33. The normalized spacial score (nSPS) is 17.3. The maximum Gasteiger partial charge on any atom is 0.240 e. The van der Waals surface area contributed by atoms with Crippen molar-refractivity contribution in [3.63, 3.8) is 0 Å². The van der Waals surface area contributed by atoms with Gasteiger partial charge in [-0.05, 0) is 66.9 Å². The highest BCUT2D eigenvalue weighted by Gasteiger charge is 2.32. The number of benzene rings is 2. The number of nitrogens with zero attached hydrogens (tertiary/aromatic N) is 2. The molecular formula is C23H25F2N3O2S2. The van der Waals surface area contributed by atoms with Crippen LogP contribution in [-0.4, -0.2) is 45.5 Å². The van der Waals surface area contributed by atoms with E-state index in [-0.39, 0.29) is 16.8 Å².